The van der Waals surface area contributed by atoms with Crippen LogP contribution in [0.1, 0.15) is 33.1 Å². The van der Waals surface area contributed by atoms with Crippen molar-refractivity contribution in [3.63, 3.8) is 0 Å². The summed E-state index contributed by atoms with van der Waals surface area (Å²) in [6, 6.07) is 0. The highest BCUT2D eigenvalue weighted by Gasteiger charge is 2.42. The number of terminal acetylenes is 1. The zero-order chi connectivity index (χ0) is 8.48. The lowest BCUT2D eigenvalue weighted by atomic mass is 9.64. The van der Waals surface area contributed by atoms with Crippen molar-refractivity contribution in [2.75, 3.05) is 0 Å². The van der Waals surface area contributed by atoms with E-state index in [4.69, 9.17) is 6.42 Å². The summed E-state index contributed by atoms with van der Waals surface area (Å²) in [6.07, 6.45) is 8.26. The van der Waals surface area contributed by atoms with Crippen LogP contribution in [-0.4, -0.2) is 5.78 Å². The number of Topliss-reactive ketones (excluding diaryl/α,β-unsaturated/α-hetero) is 1. The quantitative estimate of drug-likeness (QED) is 0.550. The fourth-order valence-electron chi connectivity index (χ4n) is 1.54. The molecule has 0 atom stereocenters. The summed E-state index contributed by atoms with van der Waals surface area (Å²) >= 11 is 0. The van der Waals surface area contributed by atoms with Crippen LogP contribution < -0.4 is 0 Å². The first-order valence-corrected chi connectivity index (χ1v) is 4.14. The van der Waals surface area contributed by atoms with Gasteiger partial charge in [-0.1, -0.05) is 19.8 Å². The van der Waals surface area contributed by atoms with E-state index in [-0.39, 0.29) is 17.1 Å². The van der Waals surface area contributed by atoms with E-state index in [2.05, 4.69) is 5.92 Å². The van der Waals surface area contributed by atoms with E-state index in [0.29, 0.717) is 0 Å². The molecule has 1 heteroatoms. The van der Waals surface area contributed by atoms with E-state index in [1.54, 1.807) is 0 Å². The molecule has 1 aliphatic carbocycles. The lowest BCUT2D eigenvalue weighted by Gasteiger charge is -2.36. The summed E-state index contributed by atoms with van der Waals surface area (Å²) in [5.74, 6) is 2.99. The fraction of sp³-hybridized carbons (Fsp3) is 0.700. The summed E-state index contributed by atoms with van der Waals surface area (Å²) in [7, 11) is 0. The number of carbonyl (C=O) groups is 1. The zero-order valence-corrected chi connectivity index (χ0v) is 7.18. The van der Waals surface area contributed by atoms with Crippen molar-refractivity contribution in [1.29, 1.82) is 0 Å². The van der Waals surface area contributed by atoms with Gasteiger partial charge in [-0.2, -0.15) is 0 Å². The van der Waals surface area contributed by atoms with Gasteiger partial charge in [0, 0.05) is 5.92 Å². The third-order valence-corrected chi connectivity index (χ3v) is 2.48. The average molecular weight is 150 g/mol. The van der Waals surface area contributed by atoms with E-state index < -0.39 is 0 Å². The molecule has 0 radical (unpaired) electrons. The smallest absolute Gasteiger partial charge is 0.153 e. The number of rotatable bonds is 2. The van der Waals surface area contributed by atoms with Gasteiger partial charge in [-0.3, -0.25) is 4.79 Å². The van der Waals surface area contributed by atoms with E-state index in [9.17, 15) is 4.79 Å². The molecule has 11 heavy (non-hydrogen) atoms. The third kappa shape index (κ3) is 1.18. The summed E-state index contributed by atoms with van der Waals surface area (Å²) in [5.41, 5.74) is -0.367. The molecule has 0 N–H and O–H groups in total. The van der Waals surface area contributed by atoms with Gasteiger partial charge < -0.3 is 0 Å². The maximum absolute atomic E-state index is 11.5. The topological polar surface area (TPSA) is 17.1 Å². The van der Waals surface area contributed by atoms with Crippen molar-refractivity contribution in [1.82, 2.24) is 0 Å². The van der Waals surface area contributed by atoms with Gasteiger partial charge in [0.25, 0.3) is 0 Å². The second-order valence-electron chi connectivity index (χ2n) is 3.60. The Kier molecular flexibility index (Phi) is 2.04. The molecule has 0 aromatic heterocycles. The van der Waals surface area contributed by atoms with Crippen molar-refractivity contribution in [2.45, 2.75) is 33.1 Å². The number of carbonyl (C=O) groups excluding carboxylic acids is 1. The predicted octanol–water partition coefficient (Wildman–Crippen LogP) is 2.02. The van der Waals surface area contributed by atoms with E-state index in [1.807, 2.05) is 13.8 Å². The number of hydrogen-bond donors (Lipinski definition) is 0. The molecule has 0 heterocycles. The third-order valence-electron chi connectivity index (χ3n) is 2.48. The van der Waals surface area contributed by atoms with Gasteiger partial charge in [-0.15, -0.1) is 6.42 Å². The Hall–Kier alpha value is -0.770. The minimum atomic E-state index is -0.367. The molecule has 1 saturated carbocycles. The van der Waals surface area contributed by atoms with Crippen LogP contribution in [0.5, 0.6) is 0 Å². The van der Waals surface area contributed by atoms with E-state index in [1.165, 1.54) is 0 Å². The molecule has 0 unspecified atom stereocenters. The van der Waals surface area contributed by atoms with Gasteiger partial charge in [-0.05, 0) is 19.3 Å². The summed E-state index contributed by atoms with van der Waals surface area (Å²) in [4.78, 5) is 11.5. The molecule has 0 spiro atoms. The fourth-order valence-corrected chi connectivity index (χ4v) is 1.54. The lowest BCUT2D eigenvalue weighted by Crippen LogP contribution is -2.39. The molecular weight excluding hydrogens is 136 g/mol. The maximum Gasteiger partial charge on any atom is 0.153 e. The summed E-state index contributed by atoms with van der Waals surface area (Å²) < 4.78 is 0. The Morgan fingerprint density at radius 2 is 2.09 bits per heavy atom. The number of hydrogen-bond acceptors (Lipinski definition) is 1. The van der Waals surface area contributed by atoms with Gasteiger partial charge in [0.2, 0.25) is 0 Å². The van der Waals surface area contributed by atoms with Crippen molar-refractivity contribution in [2.24, 2.45) is 11.3 Å². The molecule has 0 aliphatic heterocycles. The monoisotopic (exact) mass is 150 g/mol. The van der Waals surface area contributed by atoms with Crippen LogP contribution >= 0.6 is 0 Å². The average Bonchev–Trinajstić information content (AvgIpc) is 1.86. The van der Waals surface area contributed by atoms with Crippen LogP contribution in [0, 0.1) is 23.7 Å². The second-order valence-corrected chi connectivity index (χ2v) is 3.60. The zero-order valence-electron chi connectivity index (χ0n) is 7.18. The van der Waals surface area contributed by atoms with Crippen molar-refractivity contribution >= 4 is 5.78 Å². The SMILES string of the molecule is C#CC1(C(=O)C(C)C)CCC1. The van der Waals surface area contributed by atoms with Crippen LogP contribution in [0.25, 0.3) is 0 Å². The van der Waals surface area contributed by atoms with E-state index in [0.717, 1.165) is 19.3 Å². The van der Waals surface area contributed by atoms with Crippen LogP contribution in [0.3, 0.4) is 0 Å². The minimum Gasteiger partial charge on any atom is -0.298 e. The molecule has 1 fully saturated rings. The Balaban J connectivity index is 2.72. The minimum absolute atomic E-state index is 0.0892. The molecule has 60 valence electrons. The first-order chi connectivity index (χ1) is 5.12. The second kappa shape index (κ2) is 2.70. The highest BCUT2D eigenvalue weighted by molar-refractivity contribution is 5.90. The van der Waals surface area contributed by atoms with Crippen molar-refractivity contribution < 1.29 is 4.79 Å². The predicted molar refractivity (Wildman–Crippen MR) is 45.0 cm³/mol. The molecule has 0 bridgehead atoms. The van der Waals surface area contributed by atoms with Gasteiger partial charge in [0.05, 0.1) is 5.41 Å². The molecule has 0 aromatic rings. The van der Waals surface area contributed by atoms with Crippen molar-refractivity contribution in [3.8, 4) is 12.3 Å². The van der Waals surface area contributed by atoms with Crippen LogP contribution in [0.15, 0.2) is 0 Å². The Bertz CT molecular complexity index is 203. The van der Waals surface area contributed by atoms with Crippen LogP contribution in [0.2, 0.25) is 0 Å². The van der Waals surface area contributed by atoms with Gasteiger partial charge >= 0.3 is 0 Å². The molecule has 1 rings (SSSR count). The Morgan fingerprint density at radius 3 is 2.18 bits per heavy atom. The Labute approximate surface area is 68.2 Å². The highest BCUT2D eigenvalue weighted by atomic mass is 16.1. The molecule has 1 nitrogen and oxygen atoms in total. The molecule has 0 saturated heterocycles. The standard InChI is InChI=1S/C10H14O/c1-4-10(6-5-7-10)9(11)8(2)3/h1,8H,5-7H2,2-3H3. The van der Waals surface area contributed by atoms with Gasteiger partial charge in [0.15, 0.2) is 5.78 Å². The summed E-state index contributed by atoms with van der Waals surface area (Å²) in [6.45, 7) is 3.83. The Morgan fingerprint density at radius 1 is 1.55 bits per heavy atom. The normalized spacial score (nSPS) is 20.5. The first-order valence-electron chi connectivity index (χ1n) is 4.14. The van der Waals surface area contributed by atoms with Crippen molar-refractivity contribution in [3.05, 3.63) is 0 Å². The molecule has 1 aliphatic rings. The maximum atomic E-state index is 11.5. The van der Waals surface area contributed by atoms with Gasteiger partial charge in [-0.25, -0.2) is 0 Å². The number of ketones is 1. The van der Waals surface area contributed by atoms with Crippen LogP contribution in [-0.2, 0) is 4.79 Å². The van der Waals surface area contributed by atoms with Crippen LogP contribution in [0.4, 0.5) is 0 Å². The van der Waals surface area contributed by atoms with Gasteiger partial charge in [0.1, 0.15) is 0 Å². The first kappa shape index (κ1) is 8.33. The molecule has 0 aromatic carbocycles. The largest absolute Gasteiger partial charge is 0.298 e. The summed E-state index contributed by atoms with van der Waals surface area (Å²) in [5, 5.41) is 0. The molecular formula is C10H14O. The van der Waals surface area contributed by atoms with E-state index >= 15 is 0 Å². The highest BCUT2D eigenvalue weighted by Crippen LogP contribution is 2.42. The lowest BCUT2D eigenvalue weighted by molar-refractivity contribution is -0.132. The molecule has 0 amide bonds.